The van der Waals surface area contributed by atoms with Crippen LogP contribution in [0, 0.1) is 6.92 Å². The first-order valence-corrected chi connectivity index (χ1v) is 6.01. The van der Waals surface area contributed by atoms with Crippen molar-refractivity contribution in [3.63, 3.8) is 0 Å². The maximum absolute atomic E-state index is 11.2. The van der Waals surface area contributed by atoms with Crippen molar-refractivity contribution in [2.24, 2.45) is 4.99 Å². The van der Waals surface area contributed by atoms with Crippen LogP contribution < -0.4 is 0 Å². The van der Waals surface area contributed by atoms with Gasteiger partial charge in [0.1, 0.15) is 0 Å². The van der Waals surface area contributed by atoms with Gasteiger partial charge in [-0.3, -0.25) is 9.98 Å². The Morgan fingerprint density at radius 3 is 2.89 bits per heavy atom. The lowest BCUT2D eigenvalue weighted by atomic mass is 10.0. The molecular weight excluding hydrogens is 240 g/mol. The van der Waals surface area contributed by atoms with Crippen LogP contribution in [0.4, 0.5) is 5.69 Å². The zero-order valence-electron chi connectivity index (χ0n) is 10.4. The van der Waals surface area contributed by atoms with E-state index < -0.39 is 5.97 Å². The molecule has 19 heavy (non-hydrogen) atoms. The summed E-state index contributed by atoms with van der Waals surface area (Å²) in [5.41, 5.74) is 4.63. The molecule has 0 bridgehead atoms. The lowest BCUT2D eigenvalue weighted by Gasteiger charge is -2.00. The fourth-order valence-corrected chi connectivity index (χ4v) is 2.29. The Bertz CT molecular complexity index is 705. The molecule has 1 aromatic heterocycles. The van der Waals surface area contributed by atoms with Crippen LogP contribution in [0.2, 0.25) is 0 Å². The summed E-state index contributed by atoms with van der Waals surface area (Å²) in [7, 11) is 0. The molecule has 0 radical (unpaired) electrons. The fraction of sp³-hybridized carbons (Fsp3) is 0.133. The van der Waals surface area contributed by atoms with Crippen molar-refractivity contribution >= 4 is 17.4 Å². The zero-order chi connectivity index (χ0) is 13.4. The number of nitrogens with zero attached hydrogens (tertiary/aromatic N) is 2. The first-order chi connectivity index (χ1) is 9.15. The molecule has 0 aliphatic carbocycles. The Labute approximate surface area is 110 Å². The number of para-hydroxylation sites is 1. The molecule has 1 N–H and O–H groups in total. The van der Waals surface area contributed by atoms with Crippen LogP contribution >= 0.6 is 0 Å². The maximum Gasteiger partial charge on any atom is 0.337 e. The number of carboxylic acid groups (broad SMARTS) is 1. The first-order valence-electron chi connectivity index (χ1n) is 6.01. The Morgan fingerprint density at radius 1 is 1.32 bits per heavy atom. The molecule has 0 saturated heterocycles. The third kappa shape index (κ3) is 2.01. The van der Waals surface area contributed by atoms with Crippen LogP contribution in [-0.4, -0.2) is 21.8 Å². The number of pyridine rings is 1. The van der Waals surface area contributed by atoms with E-state index in [1.54, 1.807) is 18.3 Å². The Balaban J connectivity index is 2.08. The molecule has 1 aliphatic heterocycles. The number of aromatic carboxylic acids is 1. The van der Waals surface area contributed by atoms with Gasteiger partial charge >= 0.3 is 5.97 Å². The summed E-state index contributed by atoms with van der Waals surface area (Å²) in [6.07, 6.45) is 2.41. The summed E-state index contributed by atoms with van der Waals surface area (Å²) >= 11 is 0. The number of aryl methyl sites for hydroxylation is 1. The fourth-order valence-electron chi connectivity index (χ4n) is 2.29. The van der Waals surface area contributed by atoms with E-state index in [0.29, 0.717) is 12.1 Å². The second-order valence-corrected chi connectivity index (χ2v) is 4.54. The van der Waals surface area contributed by atoms with Crippen LogP contribution in [0.5, 0.6) is 0 Å². The lowest BCUT2D eigenvalue weighted by Crippen LogP contribution is -2.01. The molecule has 0 fully saturated rings. The van der Waals surface area contributed by atoms with E-state index in [1.807, 2.05) is 25.1 Å². The van der Waals surface area contributed by atoms with Crippen LogP contribution in [0.25, 0.3) is 0 Å². The van der Waals surface area contributed by atoms with Gasteiger partial charge in [-0.25, -0.2) is 4.79 Å². The number of rotatable bonds is 2. The van der Waals surface area contributed by atoms with Gasteiger partial charge in [0.05, 0.1) is 17.0 Å². The smallest absolute Gasteiger partial charge is 0.337 e. The van der Waals surface area contributed by atoms with E-state index >= 15 is 0 Å². The molecule has 4 nitrogen and oxygen atoms in total. The summed E-state index contributed by atoms with van der Waals surface area (Å²) in [4.78, 5) is 19.8. The van der Waals surface area contributed by atoms with Gasteiger partial charge in [0.25, 0.3) is 0 Å². The highest BCUT2D eigenvalue weighted by Gasteiger charge is 2.21. The van der Waals surface area contributed by atoms with Crippen molar-refractivity contribution in [3.8, 4) is 0 Å². The molecule has 0 spiro atoms. The molecule has 0 unspecified atom stereocenters. The summed E-state index contributed by atoms with van der Waals surface area (Å²) in [5.74, 6) is -0.937. The van der Waals surface area contributed by atoms with Crippen molar-refractivity contribution in [1.82, 2.24) is 4.98 Å². The molecule has 3 rings (SSSR count). The van der Waals surface area contributed by atoms with E-state index in [1.165, 1.54) is 0 Å². The largest absolute Gasteiger partial charge is 0.478 e. The molecular formula is C15H12N2O2. The minimum absolute atomic E-state index is 0.262. The quantitative estimate of drug-likeness (QED) is 0.893. The maximum atomic E-state index is 11.2. The number of carbonyl (C=O) groups is 1. The summed E-state index contributed by atoms with van der Waals surface area (Å²) < 4.78 is 0. The highest BCUT2D eigenvalue weighted by atomic mass is 16.4. The number of carboxylic acids is 1. The minimum atomic E-state index is -0.937. The van der Waals surface area contributed by atoms with Crippen molar-refractivity contribution in [2.75, 3.05) is 0 Å². The minimum Gasteiger partial charge on any atom is -0.478 e. The summed E-state index contributed by atoms with van der Waals surface area (Å²) in [5, 5.41) is 9.17. The van der Waals surface area contributed by atoms with E-state index in [2.05, 4.69) is 9.98 Å². The van der Waals surface area contributed by atoms with Gasteiger partial charge in [0.2, 0.25) is 0 Å². The highest BCUT2D eigenvalue weighted by Crippen LogP contribution is 2.32. The number of benzene rings is 1. The van der Waals surface area contributed by atoms with Gasteiger partial charge < -0.3 is 5.11 Å². The Kier molecular flexibility index (Phi) is 2.63. The summed E-state index contributed by atoms with van der Waals surface area (Å²) in [6, 6.07) is 9.14. The molecule has 4 heteroatoms. The average Bonchev–Trinajstić information content (AvgIpc) is 2.82. The highest BCUT2D eigenvalue weighted by molar-refractivity contribution is 6.09. The number of aromatic nitrogens is 1. The molecule has 0 atom stereocenters. The third-order valence-electron chi connectivity index (χ3n) is 3.18. The van der Waals surface area contributed by atoms with Gasteiger partial charge in [-0.2, -0.15) is 0 Å². The molecule has 2 heterocycles. The van der Waals surface area contributed by atoms with Gasteiger partial charge in [-0.15, -0.1) is 0 Å². The molecule has 1 aliphatic rings. The van der Waals surface area contributed by atoms with E-state index in [9.17, 15) is 9.90 Å². The van der Waals surface area contributed by atoms with Crippen LogP contribution in [-0.2, 0) is 6.42 Å². The Morgan fingerprint density at radius 2 is 2.16 bits per heavy atom. The molecule has 94 valence electrons. The van der Waals surface area contributed by atoms with Crippen molar-refractivity contribution in [1.29, 1.82) is 0 Å². The normalized spacial score (nSPS) is 13.0. The van der Waals surface area contributed by atoms with Gasteiger partial charge in [-0.1, -0.05) is 12.1 Å². The van der Waals surface area contributed by atoms with E-state index in [-0.39, 0.29) is 5.56 Å². The molecule has 0 amide bonds. The first kappa shape index (κ1) is 11.6. The van der Waals surface area contributed by atoms with Crippen molar-refractivity contribution < 1.29 is 9.90 Å². The predicted octanol–water partition coefficient (Wildman–Crippen LogP) is 2.77. The topological polar surface area (TPSA) is 62.5 Å². The summed E-state index contributed by atoms with van der Waals surface area (Å²) in [6.45, 7) is 1.93. The molecule has 0 saturated carbocycles. The zero-order valence-corrected chi connectivity index (χ0v) is 10.4. The van der Waals surface area contributed by atoms with Gasteiger partial charge in [0.15, 0.2) is 0 Å². The number of hydrogen-bond acceptors (Lipinski definition) is 3. The molecule has 2 aromatic rings. The Hall–Kier alpha value is -2.49. The third-order valence-corrected chi connectivity index (χ3v) is 3.18. The van der Waals surface area contributed by atoms with Gasteiger partial charge in [0, 0.05) is 18.3 Å². The van der Waals surface area contributed by atoms with Gasteiger partial charge in [-0.05, 0) is 36.2 Å². The SMILES string of the molecule is Cc1cc(C2=Nc3c(cccc3C(=O)O)C2)ccn1. The standard InChI is InChI=1S/C15H12N2O2/c1-9-7-10(5-6-16-9)13-8-11-3-2-4-12(15(18)19)14(11)17-13/h2-7H,8H2,1H3,(H,18,19). The van der Waals surface area contributed by atoms with Crippen LogP contribution in [0.1, 0.15) is 27.2 Å². The number of hydrogen-bond donors (Lipinski definition) is 1. The average molecular weight is 252 g/mol. The van der Waals surface area contributed by atoms with E-state index in [0.717, 1.165) is 22.5 Å². The molecule has 1 aromatic carbocycles. The number of aliphatic imine (C=N–C) groups is 1. The monoisotopic (exact) mass is 252 g/mol. The van der Waals surface area contributed by atoms with E-state index in [4.69, 9.17) is 0 Å². The lowest BCUT2D eigenvalue weighted by molar-refractivity contribution is 0.0698. The second-order valence-electron chi connectivity index (χ2n) is 4.54. The van der Waals surface area contributed by atoms with Crippen LogP contribution in [0.15, 0.2) is 41.5 Å². The second kappa shape index (κ2) is 4.31. The van der Waals surface area contributed by atoms with Crippen molar-refractivity contribution in [2.45, 2.75) is 13.3 Å². The van der Waals surface area contributed by atoms with Crippen LogP contribution in [0.3, 0.4) is 0 Å². The predicted molar refractivity (Wildman–Crippen MR) is 72.3 cm³/mol. The number of fused-ring (bicyclic) bond motifs is 1. The van der Waals surface area contributed by atoms with Crippen molar-refractivity contribution in [3.05, 3.63) is 58.9 Å².